The Hall–Kier alpha value is -2.40. The standard InChI is InChI=1S/C18H18FNO3/c1-22-16-9-14(19)7-8-15(16)17-11-20(18(21)12-23-17)10-13-5-3-2-4-6-13/h2-9,17H,10-12H2,1H3/t17-/m1/s1. The molecular weight excluding hydrogens is 297 g/mol. The van der Waals surface area contributed by atoms with Gasteiger partial charge in [-0.25, -0.2) is 4.39 Å². The van der Waals surface area contributed by atoms with Gasteiger partial charge < -0.3 is 14.4 Å². The van der Waals surface area contributed by atoms with Crippen LogP contribution in [0.5, 0.6) is 5.75 Å². The van der Waals surface area contributed by atoms with Crippen molar-refractivity contribution >= 4 is 5.91 Å². The smallest absolute Gasteiger partial charge is 0.249 e. The summed E-state index contributed by atoms with van der Waals surface area (Å²) in [7, 11) is 1.49. The maximum Gasteiger partial charge on any atom is 0.249 e. The van der Waals surface area contributed by atoms with Crippen LogP contribution in [0.25, 0.3) is 0 Å². The summed E-state index contributed by atoms with van der Waals surface area (Å²) in [6.07, 6.45) is -0.327. The monoisotopic (exact) mass is 315 g/mol. The Morgan fingerprint density at radius 1 is 1.26 bits per heavy atom. The molecule has 1 aliphatic heterocycles. The summed E-state index contributed by atoms with van der Waals surface area (Å²) in [5.74, 6) is 0.0221. The zero-order valence-electron chi connectivity index (χ0n) is 12.9. The van der Waals surface area contributed by atoms with Crippen molar-refractivity contribution in [2.45, 2.75) is 12.6 Å². The number of benzene rings is 2. The molecule has 0 N–H and O–H groups in total. The second-order valence-electron chi connectivity index (χ2n) is 5.45. The third kappa shape index (κ3) is 3.51. The Morgan fingerprint density at radius 3 is 2.78 bits per heavy atom. The van der Waals surface area contributed by atoms with Crippen molar-refractivity contribution in [1.29, 1.82) is 0 Å². The van der Waals surface area contributed by atoms with E-state index in [4.69, 9.17) is 9.47 Å². The van der Waals surface area contributed by atoms with E-state index >= 15 is 0 Å². The molecule has 0 radical (unpaired) electrons. The summed E-state index contributed by atoms with van der Waals surface area (Å²) in [5, 5.41) is 0. The lowest BCUT2D eigenvalue weighted by atomic mass is 10.1. The second kappa shape index (κ2) is 6.79. The fourth-order valence-corrected chi connectivity index (χ4v) is 2.71. The number of hydrogen-bond donors (Lipinski definition) is 0. The number of amides is 1. The van der Waals surface area contributed by atoms with Crippen LogP contribution in [0, 0.1) is 5.82 Å². The van der Waals surface area contributed by atoms with Gasteiger partial charge in [0.25, 0.3) is 0 Å². The summed E-state index contributed by atoms with van der Waals surface area (Å²) in [4.78, 5) is 13.9. The van der Waals surface area contributed by atoms with Gasteiger partial charge in [-0.3, -0.25) is 4.79 Å². The van der Waals surface area contributed by atoms with Crippen molar-refractivity contribution in [2.75, 3.05) is 20.3 Å². The topological polar surface area (TPSA) is 38.8 Å². The first-order valence-corrected chi connectivity index (χ1v) is 7.44. The van der Waals surface area contributed by atoms with E-state index in [9.17, 15) is 9.18 Å². The Bertz CT molecular complexity index is 690. The fourth-order valence-electron chi connectivity index (χ4n) is 2.71. The SMILES string of the molecule is COc1cc(F)ccc1[C@H]1CN(Cc2ccccc2)C(=O)CO1. The van der Waals surface area contributed by atoms with Crippen LogP contribution >= 0.6 is 0 Å². The van der Waals surface area contributed by atoms with Gasteiger partial charge in [-0.15, -0.1) is 0 Å². The zero-order valence-corrected chi connectivity index (χ0v) is 12.9. The first-order valence-electron chi connectivity index (χ1n) is 7.44. The van der Waals surface area contributed by atoms with Gasteiger partial charge in [-0.1, -0.05) is 30.3 Å². The third-order valence-electron chi connectivity index (χ3n) is 3.91. The average Bonchev–Trinajstić information content (AvgIpc) is 2.58. The van der Waals surface area contributed by atoms with E-state index in [0.29, 0.717) is 18.8 Å². The molecule has 1 amide bonds. The van der Waals surface area contributed by atoms with E-state index in [1.165, 1.54) is 19.2 Å². The Balaban J connectivity index is 1.79. The quantitative estimate of drug-likeness (QED) is 0.871. The summed E-state index contributed by atoms with van der Waals surface area (Å²) >= 11 is 0. The normalized spacial score (nSPS) is 18.1. The Morgan fingerprint density at radius 2 is 2.04 bits per heavy atom. The van der Waals surface area contributed by atoms with E-state index in [1.807, 2.05) is 30.3 Å². The number of rotatable bonds is 4. The van der Waals surface area contributed by atoms with Gasteiger partial charge in [0.1, 0.15) is 24.3 Å². The van der Waals surface area contributed by atoms with E-state index < -0.39 is 0 Å². The van der Waals surface area contributed by atoms with Gasteiger partial charge >= 0.3 is 0 Å². The van der Waals surface area contributed by atoms with Crippen molar-refractivity contribution < 1.29 is 18.7 Å². The highest BCUT2D eigenvalue weighted by Crippen LogP contribution is 2.31. The van der Waals surface area contributed by atoms with Gasteiger partial charge in [0.2, 0.25) is 5.91 Å². The average molecular weight is 315 g/mol. The highest BCUT2D eigenvalue weighted by atomic mass is 19.1. The lowest BCUT2D eigenvalue weighted by Gasteiger charge is -2.33. The first-order chi connectivity index (χ1) is 11.2. The van der Waals surface area contributed by atoms with Crippen LogP contribution in [0.15, 0.2) is 48.5 Å². The van der Waals surface area contributed by atoms with Gasteiger partial charge in [0, 0.05) is 18.2 Å². The molecule has 2 aromatic carbocycles. The number of morpholine rings is 1. The van der Waals surface area contributed by atoms with Crippen molar-refractivity contribution in [1.82, 2.24) is 4.90 Å². The fraction of sp³-hybridized carbons (Fsp3) is 0.278. The Labute approximate surface area is 134 Å². The molecule has 2 aromatic rings. The van der Waals surface area contributed by atoms with Gasteiger partial charge in [-0.2, -0.15) is 0 Å². The lowest BCUT2D eigenvalue weighted by Crippen LogP contribution is -2.42. The van der Waals surface area contributed by atoms with Crippen LogP contribution in [0.1, 0.15) is 17.2 Å². The zero-order chi connectivity index (χ0) is 16.2. The molecule has 0 aromatic heterocycles. The maximum absolute atomic E-state index is 13.3. The number of halogens is 1. The molecule has 120 valence electrons. The van der Waals surface area contributed by atoms with Gasteiger partial charge in [0.05, 0.1) is 13.7 Å². The summed E-state index contributed by atoms with van der Waals surface area (Å²) in [6, 6.07) is 14.1. The van der Waals surface area contributed by atoms with Crippen LogP contribution in [0.2, 0.25) is 0 Å². The van der Waals surface area contributed by atoms with Crippen LogP contribution in [-0.4, -0.2) is 31.1 Å². The molecule has 1 fully saturated rings. The molecule has 5 heteroatoms. The summed E-state index contributed by atoms with van der Waals surface area (Å²) in [6.45, 7) is 0.955. The van der Waals surface area contributed by atoms with Crippen molar-refractivity contribution in [3.63, 3.8) is 0 Å². The molecule has 1 aliphatic rings. The molecule has 0 aliphatic carbocycles. The molecule has 1 atom stereocenters. The number of nitrogens with zero attached hydrogens (tertiary/aromatic N) is 1. The Kier molecular flexibility index (Phi) is 4.57. The molecule has 0 unspecified atom stereocenters. The van der Waals surface area contributed by atoms with Crippen molar-refractivity contribution in [2.24, 2.45) is 0 Å². The van der Waals surface area contributed by atoms with E-state index in [1.54, 1.807) is 11.0 Å². The van der Waals surface area contributed by atoms with Gasteiger partial charge in [0.15, 0.2) is 0 Å². The van der Waals surface area contributed by atoms with Crippen LogP contribution in [-0.2, 0) is 16.1 Å². The van der Waals surface area contributed by atoms with Gasteiger partial charge in [-0.05, 0) is 17.7 Å². The predicted octanol–water partition coefficient (Wildman–Crippen LogP) is 2.93. The van der Waals surface area contributed by atoms with Crippen LogP contribution in [0.3, 0.4) is 0 Å². The molecule has 4 nitrogen and oxygen atoms in total. The first kappa shape index (κ1) is 15.5. The molecule has 0 spiro atoms. The highest BCUT2D eigenvalue weighted by molar-refractivity contribution is 5.78. The van der Waals surface area contributed by atoms with Crippen LogP contribution < -0.4 is 4.74 Å². The van der Waals surface area contributed by atoms with E-state index in [0.717, 1.165) is 11.1 Å². The lowest BCUT2D eigenvalue weighted by molar-refractivity contribution is -0.150. The maximum atomic E-state index is 13.3. The third-order valence-corrected chi connectivity index (χ3v) is 3.91. The molecule has 0 bridgehead atoms. The number of methoxy groups -OCH3 is 1. The second-order valence-corrected chi connectivity index (χ2v) is 5.45. The highest BCUT2D eigenvalue weighted by Gasteiger charge is 2.29. The number of carbonyl (C=O) groups excluding carboxylic acids is 1. The number of carbonyl (C=O) groups is 1. The molecule has 1 saturated heterocycles. The minimum atomic E-state index is -0.362. The minimum Gasteiger partial charge on any atom is -0.496 e. The molecular formula is C18H18FNO3. The molecule has 23 heavy (non-hydrogen) atoms. The minimum absolute atomic E-state index is 0.0119. The van der Waals surface area contributed by atoms with E-state index in [-0.39, 0.29) is 24.4 Å². The summed E-state index contributed by atoms with van der Waals surface area (Å²) in [5.41, 5.74) is 1.81. The molecule has 3 rings (SSSR count). The molecule has 0 saturated carbocycles. The largest absolute Gasteiger partial charge is 0.496 e. The number of ether oxygens (including phenoxy) is 2. The van der Waals surface area contributed by atoms with Crippen molar-refractivity contribution in [3.8, 4) is 5.75 Å². The van der Waals surface area contributed by atoms with Crippen LogP contribution in [0.4, 0.5) is 4.39 Å². The van der Waals surface area contributed by atoms with E-state index in [2.05, 4.69) is 0 Å². The van der Waals surface area contributed by atoms with Crippen molar-refractivity contribution in [3.05, 3.63) is 65.5 Å². The summed E-state index contributed by atoms with van der Waals surface area (Å²) < 4.78 is 24.2. The molecule has 1 heterocycles. The predicted molar refractivity (Wildman–Crippen MR) is 83.5 cm³/mol. The number of hydrogen-bond acceptors (Lipinski definition) is 3.